The van der Waals surface area contributed by atoms with Gasteiger partial charge < -0.3 is 0 Å². The zero-order valence-electron chi connectivity index (χ0n) is 6.33. The molecule has 0 fully saturated rings. The van der Waals surface area contributed by atoms with Crippen LogP contribution >= 0.6 is 0 Å². The molecule has 0 spiro atoms. The highest BCUT2D eigenvalue weighted by Gasteiger charge is 2.29. The fourth-order valence-electron chi connectivity index (χ4n) is 0.750. The summed E-state index contributed by atoms with van der Waals surface area (Å²) in [6.45, 7) is 7.02. The fraction of sp³-hybridized carbons (Fsp3) is 1.00. The van der Waals surface area contributed by atoms with Crippen molar-refractivity contribution in [2.75, 3.05) is 0 Å². The van der Waals surface area contributed by atoms with E-state index in [1.165, 1.54) is 18.1 Å². The summed E-state index contributed by atoms with van der Waals surface area (Å²) in [5.74, 6) is 0. The molecule has 8 heavy (non-hydrogen) atoms. The maximum Gasteiger partial charge on any atom is 0.237 e. The van der Waals surface area contributed by atoms with E-state index in [1.807, 2.05) is 0 Å². The van der Waals surface area contributed by atoms with Gasteiger partial charge in [-0.3, -0.25) is 0 Å². The van der Waals surface area contributed by atoms with Gasteiger partial charge in [0.2, 0.25) is 17.4 Å². The van der Waals surface area contributed by atoms with E-state index >= 15 is 0 Å². The Kier molecular flexibility index (Phi) is 3.65. The van der Waals surface area contributed by atoms with E-state index in [1.54, 1.807) is 0 Å². The van der Waals surface area contributed by atoms with Gasteiger partial charge in [0.15, 0.2) is 0 Å². The molecule has 0 nitrogen and oxygen atoms in total. The lowest BCUT2D eigenvalue weighted by molar-refractivity contribution is 1.22. The van der Waals surface area contributed by atoms with E-state index in [4.69, 9.17) is 0 Å². The number of hydrogen-bond acceptors (Lipinski definition) is 0. The molecule has 0 aliphatic rings. The lowest BCUT2D eigenvalue weighted by atomic mass is 10.9. The van der Waals surface area contributed by atoms with Gasteiger partial charge in [0.05, 0.1) is 0 Å². The summed E-state index contributed by atoms with van der Waals surface area (Å²) in [7, 11) is 1.65. The van der Waals surface area contributed by atoms with Crippen LogP contribution in [-0.2, 0) is 0 Å². The van der Waals surface area contributed by atoms with Crippen molar-refractivity contribution in [1.82, 2.24) is 0 Å². The van der Waals surface area contributed by atoms with E-state index in [2.05, 4.69) is 30.5 Å². The second-order valence-corrected chi connectivity index (χ2v) is 12.2. The molecular formula is C6H17Si2+. The predicted octanol–water partition coefficient (Wildman–Crippen LogP) is 1.62. The first kappa shape index (κ1) is 8.43. The molecule has 0 radical (unpaired) electrons. The fourth-order valence-corrected chi connectivity index (χ4v) is 2.25. The van der Waals surface area contributed by atoms with Crippen LogP contribution in [0.1, 0.15) is 20.8 Å². The van der Waals surface area contributed by atoms with Gasteiger partial charge in [-0.05, 0) is 18.1 Å². The molecule has 0 unspecified atom stereocenters. The van der Waals surface area contributed by atoms with Crippen molar-refractivity contribution < 1.29 is 0 Å². The van der Waals surface area contributed by atoms with Crippen LogP contribution in [0.25, 0.3) is 0 Å². The number of rotatable bonds is 3. The lowest BCUT2D eigenvalue weighted by Crippen LogP contribution is -2.31. The molecule has 0 aromatic rings. The van der Waals surface area contributed by atoms with Gasteiger partial charge in [-0.1, -0.05) is 20.8 Å². The van der Waals surface area contributed by atoms with Crippen molar-refractivity contribution in [3.63, 3.8) is 0 Å². The van der Waals surface area contributed by atoms with Crippen LogP contribution in [0.4, 0.5) is 0 Å². The van der Waals surface area contributed by atoms with Gasteiger partial charge in [0, 0.05) is 0 Å². The monoisotopic (exact) mass is 145 g/mol. The smallest absolute Gasteiger partial charge is 0.0653 e. The van der Waals surface area contributed by atoms with Crippen molar-refractivity contribution in [2.24, 2.45) is 0 Å². The Hall–Kier alpha value is 0.434. The largest absolute Gasteiger partial charge is 0.237 e. The van der Waals surface area contributed by atoms with Crippen LogP contribution in [0.15, 0.2) is 0 Å². The van der Waals surface area contributed by atoms with Crippen molar-refractivity contribution >= 4 is 17.4 Å². The Morgan fingerprint density at radius 2 is 1.25 bits per heavy atom. The molecule has 0 saturated heterocycles. The third-order valence-corrected chi connectivity index (χ3v) is 11.2. The average Bonchev–Trinajstić information content (AvgIpc) is 1.87. The van der Waals surface area contributed by atoms with E-state index in [0.29, 0.717) is 0 Å². The molecule has 0 aromatic carbocycles. The molecule has 0 saturated carbocycles. The minimum absolute atomic E-state index is 0.644. The quantitative estimate of drug-likeness (QED) is 0.530. The summed E-state index contributed by atoms with van der Waals surface area (Å²) in [4.78, 5) is 0. The molecule has 0 bridgehead atoms. The predicted molar refractivity (Wildman–Crippen MR) is 45.7 cm³/mol. The Morgan fingerprint density at radius 3 is 1.25 bits per heavy atom. The van der Waals surface area contributed by atoms with Gasteiger partial charge in [-0.2, -0.15) is 0 Å². The third-order valence-electron chi connectivity index (χ3n) is 2.25. The van der Waals surface area contributed by atoms with E-state index in [0.717, 1.165) is 0 Å². The molecule has 0 atom stereocenters. The van der Waals surface area contributed by atoms with Crippen LogP contribution in [-0.4, -0.2) is 17.4 Å². The summed E-state index contributed by atoms with van der Waals surface area (Å²) in [5, 5.41) is 0. The minimum atomic E-state index is -0.644. The Labute approximate surface area is 56.9 Å². The maximum atomic E-state index is 2.34. The highest BCUT2D eigenvalue weighted by molar-refractivity contribution is 7.17. The van der Waals surface area contributed by atoms with Crippen molar-refractivity contribution in [3.8, 4) is 0 Å². The van der Waals surface area contributed by atoms with Crippen LogP contribution in [0, 0.1) is 0 Å². The number of hydrogen-bond donors (Lipinski definition) is 0. The Bertz CT molecular complexity index is 49.3. The normalized spacial score (nSPS) is 11.9. The zero-order chi connectivity index (χ0) is 6.62. The summed E-state index contributed by atoms with van der Waals surface area (Å²) in [5.41, 5.74) is 0. The standard InChI is InChI=1S/C6H17Si2/c1-4-8(7,5-2)6-3/h4-7H2,1-3H3/q+1. The van der Waals surface area contributed by atoms with Crippen molar-refractivity contribution in [2.45, 2.75) is 38.9 Å². The molecule has 0 rings (SSSR count). The Morgan fingerprint density at radius 1 is 1.00 bits per heavy atom. The van der Waals surface area contributed by atoms with Gasteiger partial charge >= 0.3 is 0 Å². The van der Waals surface area contributed by atoms with E-state index < -0.39 is 7.59 Å². The van der Waals surface area contributed by atoms with Crippen LogP contribution < -0.4 is 0 Å². The maximum absolute atomic E-state index is 2.34. The minimum Gasteiger partial charge on any atom is -0.0653 e. The molecule has 0 aliphatic carbocycles. The van der Waals surface area contributed by atoms with Gasteiger partial charge in [0.25, 0.3) is 0 Å². The van der Waals surface area contributed by atoms with Crippen LogP contribution in [0.5, 0.6) is 0 Å². The second-order valence-electron chi connectivity index (χ2n) is 2.56. The highest BCUT2D eigenvalue weighted by Crippen LogP contribution is 2.14. The SMILES string of the molecule is CC[Si]([SiH2+])(CC)CC. The molecule has 2 heteroatoms. The van der Waals surface area contributed by atoms with E-state index in [-0.39, 0.29) is 0 Å². The highest BCUT2D eigenvalue weighted by atomic mass is 29.2. The van der Waals surface area contributed by atoms with Gasteiger partial charge in [-0.15, -0.1) is 0 Å². The lowest BCUT2D eigenvalue weighted by Gasteiger charge is -2.10. The summed E-state index contributed by atoms with van der Waals surface area (Å²) in [6.07, 6.45) is 0. The summed E-state index contributed by atoms with van der Waals surface area (Å²) >= 11 is 0. The van der Waals surface area contributed by atoms with Crippen LogP contribution in [0.3, 0.4) is 0 Å². The molecule has 0 amide bonds. The molecule has 0 aliphatic heterocycles. The molecule has 48 valence electrons. The molecular weight excluding hydrogens is 128 g/mol. The zero-order valence-corrected chi connectivity index (χ0v) is 8.74. The molecule has 0 heterocycles. The second kappa shape index (κ2) is 3.46. The third kappa shape index (κ3) is 2.13. The van der Waals surface area contributed by atoms with Crippen molar-refractivity contribution in [1.29, 1.82) is 0 Å². The summed E-state index contributed by atoms with van der Waals surface area (Å²) < 4.78 is 0. The molecule has 0 N–H and O–H groups in total. The van der Waals surface area contributed by atoms with Crippen molar-refractivity contribution in [3.05, 3.63) is 0 Å². The first-order chi connectivity index (χ1) is 3.68. The van der Waals surface area contributed by atoms with Gasteiger partial charge in [0.1, 0.15) is 0 Å². The molecule has 0 aromatic heterocycles. The first-order valence-electron chi connectivity index (χ1n) is 3.54. The average molecular weight is 145 g/mol. The van der Waals surface area contributed by atoms with Crippen LogP contribution in [0.2, 0.25) is 18.1 Å². The Balaban J connectivity index is 3.58. The van der Waals surface area contributed by atoms with Gasteiger partial charge in [-0.25, -0.2) is 0 Å². The topological polar surface area (TPSA) is 0 Å². The summed E-state index contributed by atoms with van der Waals surface area (Å²) in [6, 6.07) is 4.41. The first-order valence-corrected chi connectivity index (χ1v) is 8.49. The van der Waals surface area contributed by atoms with E-state index in [9.17, 15) is 0 Å².